The molecule has 0 aliphatic rings. The first-order valence-corrected chi connectivity index (χ1v) is 9.59. The third-order valence-corrected chi connectivity index (χ3v) is 4.12. The Hall–Kier alpha value is -3.39. The van der Waals surface area contributed by atoms with Crippen LogP contribution in [0.3, 0.4) is 0 Å². The van der Waals surface area contributed by atoms with Gasteiger partial charge in [0.05, 0.1) is 19.3 Å². The van der Waals surface area contributed by atoms with E-state index >= 15 is 0 Å². The van der Waals surface area contributed by atoms with E-state index in [-0.39, 0.29) is 12.2 Å². The van der Waals surface area contributed by atoms with E-state index in [1.807, 2.05) is 6.92 Å². The average Bonchev–Trinajstić information content (AvgIpc) is 2.76. The van der Waals surface area contributed by atoms with Crippen molar-refractivity contribution in [3.63, 3.8) is 0 Å². The fourth-order valence-corrected chi connectivity index (χ4v) is 2.69. The zero-order chi connectivity index (χ0) is 21.9. The van der Waals surface area contributed by atoms with Crippen LogP contribution in [0.5, 0.6) is 5.75 Å². The van der Waals surface area contributed by atoms with Gasteiger partial charge in [-0.1, -0.05) is 30.3 Å². The summed E-state index contributed by atoms with van der Waals surface area (Å²) in [6, 6.07) is 12.6. The fraction of sp³-hybridized carbons (Fsp3) is 0.318. The quantitative estimate of drug-likeness (QED) is 0.612. The Balaban J connectivity index is 2.25. The van der Waals surface area contributed by atoms with Crippen molar-refractivity contribution in [2.24, 2.45) is 0 Å². The van der Waals surface area contributed by atoms with Gasteiger partial charge in [-0.3, -0.25) is 10.1 Å². The molecule has 0 radical (unpaired) electrons. The van der Waals surface area contributed by atoms with E-state index in [9.17, 15) is 14.4 Å². The molecule has 30 heavy (non-hydrogen) atoms. The average molecular weight is 414 g/mol. The van der Waals surface area contributed by atoms with Crippen LogP contribution in [-0.2, 0) is 20.9 Å². The van der Waals surface area contributed by atoms with Gasteiger partial charge in [0, 0.05) is 24.3 Å². The van der Waals surface area contributed by atoms with Gasteiger partial charge in [0.1, 0.15) is 5.75 Å². The zero-order valence-electron chi connectivity index (χ0n) is 17.3. The molecule has 0 saturated heterocycles. The third-order valence-electron chi connectivity index (χ3n) is 4.12. The predicted molar refractivity (Wildman–Crippen MR) is 110 cm³/mol. The summed E-state index contributed by atoms with van der Waals surface area (Å²) >= 11 is 0. The minimum absolute atomic E-state index is 0.234. The highest BCUT2D eigenvalue weighted by Crippen LogP contribution is 2.24. The lowest BCUT2D eigenvalue weighted by Gasteiger charge is -2.18. The zero-order valence-corrected chi connectivity index (χ0v) is 17.3. The summed E-state index contributed by atoms with van der Waals surface area (Å²) < 4.78 is 16.2. The number of ether oxygens (including phenoxy) is 3. The molecule has 2 rings (SSSR count). The number of amides is 3. The van der Waals surface area contributed by atoms with E-state index in [2.05, 4.69) is 10.6 Å². The maximum Gasteiger partial charge on any atom is 0.339 e. The van der Waals surface area contributed by atoms with E-state index < -0.39 is 24.0 Å². The van der Waals surface area contributed by atoms with Crippen LogP contribution < -0.4 is 15.4 Å². The van der Waals surface area contributed by atoms with Crippen LogP contribution in [-0.4, -0.2) is 38.2 Å². The van der Waals surface area contributed by atoms with Gasteiger partial charge in [0.15, 0.2) is 0 Å². The van der Waals surface area contributed by atoms with Crippen molar-refractivity contribution in [3.8, 4) is 5.75 Å². The van der Waals surface area contributed by atoms with Gasteiger partial charge < -0.3 is 19.5 Å². The molecule has 8 heteroatoms. The summed E-state index contributed by atoms with van der Waals surface area (Å²) in [5.41, 5.74) is 1.35. The highest BCUT2D eigenvalue weighted by molar-refractivity contribution is 5.99. The number of hydrogen-bond donors (Lipinski definition) is 2. The molecule has 2 aromatic carbocycles. The van der Waals surface area contributed by atoms with Crippen LogP contribution in [0.25, 0.3) is 0 Å². The number of esters is 1. The molecular weight excluding hydrogens is 388 g/mol. The summed E-state index contributed by atoms with van der Waals surface area (Å²) in [7, 11) is 1.53. The number of carbonyl (C=O) groups excluding carboxylic acids is 3. The Morgan fingerprint density at radius 1 is 1.03 bits per heavy atom. The van der Waals surface area contributed by atoms with E-state index in [0.717, 1.165) is 0 Å². The molecule has 2 N–H and O–H groups in total. The Labute approximate surface area is 175 Å². The molecule has 0 saturated carbocycles. The van der Waals surface area contributed by atoms with E-state index in [4.69, 9.17) is 14.2 Å². The number of urea groups is 1. The van der Waals surface area contributed by atoms with Gasteiger partial charge in [0.25, 0.3) is 5.91 Å². The molecule has 0 fully saturated rings. The van der Waals surface area contributed by atoms with E-state index in [1.165, 1.54) is 7.11 Å². The van der Waals surface area contributed by atoms with E-state index in [1.54, 1.807) is 55.5 Å². The lowest BCUT2D eigenvalue weighted by Crippen LogP contribution is -2.42. The van der Waals surface area contributed by atoms with Gasteiger partial charge in [-0.05, 0) is 32.0 Å². The number of benzene rings is 2. The monoisotopic (exact) mass is 414 g/mol. The third kappa shape index (κ3) is 6.31. The maximum absolute atomic E-state index is 12.8. The number of rotatable bonds is 9. The lowest BCUT2D eigenvalue weighted by atomic mass is 10.1. The SMILES string of the molecule is CCNC(=O)NC(=O)[C@H](OC(=O)c1ccc(OC)c(COCC)c1)c1ccccc1. The molecule has 0 heterocycles. The first kappa shape index (κ1) is 22.9. The number of imide groups is 1. The predicted octanol–water partition coefficient (Wildman–Crippen LogP) is 2.98. The standard InChI is InChI=1S/C22H26N2O6/c1-4-23-22(27)24-20(25)19(15-9-7-6-8-10-15)30-21(26)16-11-12-18(28-3)17(13-16)14-29-5-2/h6-13,19H,4-5,14H2,1-3H3,(H2,23,24,25,27)/t19-/m1/s1. The summed E-state index contributed by atoms with van der Waals surface area (Å²) in [5.74, 6) is -0.882. The molecule has 2 aromatic rings. The normalized spacial score (nSPS) is 11.3. The van der Waals surface area contributed by atoms with Gasteiger partial charge in [0.2, 0.25) is 6.10 Å². The van der Waals surface area contributed by atoms with E-state index in [0.29, 0.717) is 30.0 Å². The molecule has 3 amide bonds. The summed E-state index contributed by atoms with van der Waals surface area (Å²) in [6.07, 6.45) is -1.29. The lowest BCUT2D eigenvalue weighted by molar-refractivity contribution is -0.129. The molecule has 0 aromatic heterocycles. The molecule has 160 valence electrons. The van der Waals surface area contributed by atoms with Gasteiger partial charge in [-0.15, -0.1) is 0 Å². The summed E-state index contributed by atoms with van der Waals surface area (Å²) in [4.78, 5) is 37.2. The minimum Gasteiger partial charge on any atom is -0.496 e. The minimum atomic E-state index is -1.29. The Morgan fingerprint density at radius 2 is 1.77 bits per heavy atom. The van der Waals surface area contributed by atoms with Crippen molar-refractivity contribution in [3.05, 3.63) is 65.2 Å². The second-order valence-corrected chi connectivity index (χ2v) is 6.21. The topological polar surface area (TPSA) is 103 Å². The Bertz CT molecular complexity index is 869. The van der Waals surface area contributed by atoms with Crippen molar-refractivity contribution in [1.29, 1.82) is 0 Å². The maximum atomic E-state index is 12.8. The van der Waals surface area contributed by atoms with Crippen molar-refractivity contribution in [2.45, 2.75) is 26.6 Å². The van der Waals surface area contributed by atoms with Crippen molar-refractivity contribution >= 4 is 17.9 Å². The summed E-state index contributed by atoms with van der Waals surface area (Å²) in [6.45, 7) is 4.71. The van der Waals surface area contributed by atoms with Crippen molar-refractivity contribution in [1.82, 2.24) is 10.6 Å². The highest BCUT2D eigenvalue weighted by Gasteiger charge is 2.27. The van der Waals surface area contributed by atoms with Crippen LogP contribution in [0, 0.1) is 0 Å². The van der Waals surface area contributed by atoms with Gasteiger partial charge >= 0.3 is 12.0 Å². The van der Waals surface area contributed by atoms with Crippen LogP contribution >= 0.6 is 0 Å². The molecule has 0 aliphatic carbocycles. The van der Waals surface area contributed by atoms with Crippen LogP contribution in [0.2, 0.25) is 0 Å². The number of methoxy groups -OCH3 is 1. The molecular formula is C22H26N2O6. The molecule has 0 bridgehead atoms. The van der Waals surface area contributed by atoms with Gasteiger partial charge in [-0.2, -0.15) is 0 Å². The largest absolute Gasteiger partial charge is 0.496 e. The number of nitrogens with one attached hydrogen (secondary N) is 2. The second-order valence-electron chi connectivity index (χ2n) is 6.21. The second kappa shape index (κ2) is 11.6. The molecule has 0 spiro atoms. The van der Waals surface area contributed by atoms with Crippen LogP contribution in [0.4, 0.5) is 4.79 Å². The molecule has 8 nitrogen and oxygen atoms in total. The van der Waals surface area contributed by atoms with Crippen LogP contribution in [0.15, 0.2) is 48.5 Å². The smallest absolute Gasteiger partial charge is 0.339 e. The number of hydrogen-bond acceptors (Lipinski definition) is 6. The fourth-order valence-electron chi connectivity index (χ4n) is 2.69. The highest BCUT2D eigenvalue weighted by atomic mass is 16.5. The number of carbonyl (C=O) groups is 3. The Kier molecular flexibility index (Phi) is 8.83. The molecule has 0 unspecified atom stereocenters. The Morgan fingerprint density at radius 3 is 2.40 bits per heavy atom. The van der Waals surface area contributed by atoms with Crippen molar-refractivity contribution < 1.29 is 28.6 Å². The van der Waals surface area contributed by atoms with Gasteiger partial charge in [-0.25, -0.2) is 9.59 Å². The molecule has 1 atom stereocenters. The first-order chi connectivity index (χ1) is 14.5. The van der Waals surface area contributed by atoms with Crippen molar-refractivity contribution in [2.75, 3.05) is 20.3 Å². The molecule has 0 aliphatic heterocycles. The first-order valence-electron chi connectivity index (χ1n) is 9.59. The van der Waals surface area contributed by atoms with Crippen LogP contribution in [0.1, 0.15) is 41.4 Å². The summed E-state index contributed by atoms with van der Waals surface area (Å²) in [5, 5.41) is 4.66.